The number of nitrogens with one attached hydrogen (secondary N) is 2. The number of amides is 1. The first kappa shape index (κ1) is 21.6. The topological polar surface area (TPSA) is 50.4 Å². The zero-order valence-corrected chi connectivity index (χ0v) is 16.7. The molecule has 0 fully saturated rings. The number of halogens is 3. The van der Waals surface area contributed by atoms with Crippen LogP contribution in [0.15, 0.2) is 60.7 Å². The highest BCUT2D eigenvalue weighted by Gasteiger charge is 2.30. The van der Waals surface area contributed by atoms with Crippen molar-refractivity contribution in [2.24, 2.45) is 0 Å². The minimum atomic E-state index is -4.39. The minimum Gasteiger partial charge on any atom is -0.457 e. The van der Waals surface area contributed by atoms with Gasteiger partial charge in [-0.05, 0) is 80.9 Å². The van der Waals surface area contributed by atoms with Gasteiger partial charge in [-0.25, -0.2) is 0 Å². The van der Waals surface area contributed by atoms with Crippen LogP contribution >= 0.6 is 0 Å². The molecule has 1 atom stereocenters. The molecule has 3 rings (SSSR count). The lowest BCUT2D eigenvalue weighted by molar-refractivity contribution is -0.137. The Morgan fingerprint density at radius 2 is 1.80 bits per heavy atom. The van der Waals surface area contributed by atoms with Crippen molar-refractivity contribution in [3.63, 3.8) is 0 Å². The Bertz CT molecular complexity index is 1020. The van der Waals surface area contributed by atoms with E-state index in [1.54, 1.807) is 30.3 Å². The van der Waals surface area contributed by atoms with Crippen molar-refractivity contribution in [1.82, 2.24) is 10.6 Å². The first-order valence-electron chi connectivity index (χ1n) is 9.61. The molecule has 0 bridgehead atoms. The van der Waals surface area contributed by atoms with Gasteiger partial charge in [0.05, 0.1) is 5.56 Å². The standard InChI is InChI=1S/C23H23F3N2O2/c1-15(12-13-27-2)28-22(29)17-6-11-20-16(14-17)4-3-5-21(20)30-19-9-7-18(8-10-19)23(24,25)26/h3-11,14-15,27H,12-13H2,1-2H3,(H,28,29). The summed E-state index contributed by atoms with van der Waals surface area (Å²) in [6.45, 7) is 2.76. The number of fused-ring (bicyclic) bond motifs is 1. The third-order valence-corrected chi connectivity index (χ3v) is 4.72. The quantitative estimate of drug-likeness (QED) is 0.544. The molecule has 4 nitrogen and oxygen atoms in total. The Kier molecular flexibility index (Phi) is 6.62. The maximum absolute atomic E-state index is 12.7. The summed E-state index contributed by atoms with van der Waals surface area (Å²) >= 11 is 0. The third-order valence-electron chi connectivity index (χ3n) is 4.72. The van der Waals surface area contributed by atoms with Gasteiger partial charge in [0.25, 0.3) is 5.91 Å². The van der Waals surface area contributed by atoms with Crippen LogP contribution in [0.2, 0.25) is 0 Å². The van der Waals surface area contributed by atoms with Crippen molar-refractivity contribution in [3.05, 3.63) is 71.8 Å². The summed E-state index contributed by atoms with van der Waals surface area (Å²) in [5.74, 6) is 0.645. The van der Waals surface area contributed by atoms with E-state index in [4.69, 9.17) is 4.74 Å². The fourth-order valence-corrected chi connectivity index (χ4v) is 3.06. The van der Waals surface area contributed by atoms with Gasteiger partial charge in [-0.15, -0.1) is 0 Å². The average molecular weight is 416 g/mol. The Morgan fingerprint density at radius 1 is 1.07 bits per heavy atom. The molecule has 3 aromatic rings. The summed E-state index contributed by atoms with van der Waals surface area (Å²) in [5, 5.41) is 7.58. The highest BCUT2D eigenvalue weighted by atomic mass is 19.4. The van der Waals surface area contributed by atoms with E-state index < -0.39 is 11.7 Å². The molecular formula is C23H23F3N2O2. The second kappa shape index (κ2) is 9.17. The lowest BCUT2D eigenvalue weighted by Gasteiger charge is -2.14. The zero-order valence-electron chi connectivity index (χ0n) is 16.7. The largest absolute Gasteiger partial charge is 0.457 e. The lowest BCUT2D eigenvalue weighted by atomic mass is 10.1. The lowest BCUT2D eigenvalue weighted by Crippen LogP contribution is -2.34. The minimum absolute atomic E-state index is 0.0370. The molecular weight excluding hydrogens is 393 g/mol. The van der Waals surface area contributed by atoms with E-state index in [1.165, 1.54) is 12.1 Å². The molecule has 1 amide bonds. The van der Waals surface area contributed by atoms with Crippen LogP contribution in [0.4, 0.5) is 13.2 Å². The number of carbonyl (C=O) groups excluding carboxylic acids is 1. The first-order valence-corrected chi connectivity index (χ1v) is 9.61. The number of alkyl halides is 3. The summed E-state index contributed by atoms with van der Waals surface area (Å²) in [5.41, 5.74) is -0.196. The van der Waals surface area contributed by atoms with E-state index >= 15 is 0 Å². The van der Waals surface area contributed by atoms with Crippen molar-refractivity contribution >= 4 is 16.7 Å². The number of hydrogen-bond acceptors (Lipinski definition) is 3. The van der Waals surface area contributed by atoms with Gasteiger partial charge in [0.1, 0.15) is 11.5 Å². The summed E-state index contributed by atoms with van der Waals surface area (Å²) < 4.78 is 44.0. The van der Waals surface area contributed by atoms with Gasteiger partial charge in [0, 0.05) is 17.0 Å². The molecule has 0 aliphatic carbocycles. The molecule has 3 aromatic carbocycles. The second-order valence-electron chi connectivity index (χ2n) is 7.08. The highest BCUT2D eigenvalue weighted by molar-refractivity contribution is 6.00. The summed E-state index contributed by atoms with van der Waals surface area (Å²) in [4.78, 5) is 12.5. The Hall–Kier alpha value is -3.06. The van der Waals surface area contributed by atoms with Crippen molar-refractivity contribution in [3.8, 4) is 11.5 Å². The number of ether oxygens (including phenoxy) is 1. The van der Waals surface area contributed by atoms with Crippen LogP contribution < -0.4 is 15.4 Å². The molecule has 158 valence electrons. The van der Waals surface area contributed by atoms with Crippen molar-refractivity contribution < 1.29 is 22.7 Å². The molecule has 7 heteroatoms. The van der Waals surface area contributed by atoms with Crippen LogP contribution in [0, 0.1) is 0 Å². The van der Waals surface area contributed by atoms with Crippen LogP contribution in [0.5, 0.6) is 11.5 Å². The Labute approximate surface area is 173 Å². The molecule has 0 aromatic heterocycles. The van der Waals surface area contributed by atoms with Gasteiger partial charge in [-0.2, -0.15) is 13.2 Å². The van der Waals surface area contributed by atoms with E-state index in [9.17, 15) is 18.0 Å². The highest BCUT2D eigenvalue weighted by Crippen LogP contribution is 2.33. The smallest absolute Gasteiger partial charge is 0.416 e. The van der Waals surface area contributed by atoms with Crippen LogP contribution in [0.25, 0.3) is 10.8 Å². The van der Waals surface area contributed by atoms with Crippen molar-refractivity contribution in [1.29, 1.82) is 0 Å². The molecule has 0 aliphatic rings. The van der Waals surface area contributed by atoms with E-state index in [0.29, 0.717) is 17.1 Å². The zero-order chi connectivity index (χ0) is 21.7. The molecule has 2 N–H and O–H groups in total. The second-order valence-corrected chi connectivity index (χ2v) is 7.08. The third kappa shape index (κ3) is 5.30. The maximum atomic E-state index is 12.7. The molecule has 0 radical (unpaired) electrons. The van der Waals surface area contributed by atoms with E-state index in [1.807, 2.05) is 20.0 Å². The van der Waals surface area contributed by atoms with Gasteiger partial charge in [0.15, 0.2) is 0 Å². The predicted molar refractivity (Wildman–Crippen MR) is 111 cm³/mol. The molecule has 0 saturated carbocycles. The molecule has 0 saturated heterocycles. The summed E-state index contributed by atoms with van der Waals surface area (Å²) in [6, 6.07) is 15.2. The first-order chi connectivity index (χ1) is 14.3. The van der Waals surface area contributed by atoms with Gasteiger partial charge >= 0.3 is 6.18 Å². The van der Waals surface area contributed by atoms with E-state index in [2.05, 4.69) is 10.6 Å². The van der Waals surface area contributed by atoms with Crippen LogP contribution in [-0.2, 0) is 6.18 Å². The van der Waals surface area contributed by atoms with Crippen LogP contribution in [-0.4, -0.2) is 25.5 Å². The van der Waals surface area contributed by atoms with Crippen molar-refractivity contribution in [2.45, 2.75) is 25.6 Å². The monoisotopic (exact) mass is 416 g/mol. The van der Waals surface area contributed by atoms with Gasteiger partial charge in [-0.1, -0.05) is 12.1 Å². The van der Waals surface area contributed by atoms with Gasteiger partial charge in [0.2, 0.25) is 0 Å². The van der Waals surface area contributed by atoms with Crippen molar-refractivity contribution in [2.75, 3.05) is 13.6 Å². The Balaban J connectivity index is 1.78. The summed E-state index contributed by atoms with van der Waals surface area (Å²) in [6.07, 6.45) is -3.57. The van der Waals surface area contributed by atoms with E-state index in [0.717, 1.165) is 35.9 Å². The predicted octanol–water partition coefficient (Wildman–Crippen LogP) is 5.38. The number of hydrogen-bond donors (Lipinski definition) is 2. The molecule has 0 spiro atoms. The van der Waals surface area contributed by atoms with Crippen LogP contribution in [0.3, 0.4) is 0 Å². The number of carbonyl (C=O) groups is 1. The maximum Gasteiger partial charge on any atom is 0.416 e. The normalized spacial score (nSPS) is 12.6. The molecule has 0 aliphatic heterocycles. The fourth-order valence-electron chi connectivity index (χ4n) is 3.06. The number of benzene rings is 3. The molecule has 30 heavy (non-hydrogen) atoms. The van der Waals surface area contributed by atoms with E-state index in [-0.39, 0.29) is 11.9 Å². The van der Waals surface area contributed by atoms with Gasteiger partial charge in [-0.3, -0.25) is 4.79 Å². The summed E-state index contributed by atoms with van der Waals surface area (Å²) in [7, 11) is 1.86. The molecule has 0 heterocycles. The van der Waals surface area contributed by atoms with Gasteiger partial charge < -0.3 is 15.4 Å². The Morgan fingerprint density at radius 3 is 2.47 bits per heavy atom. The molecule has 1 unspecified atom stereocenters. The number of rotatable bonds is 7. The SMILES string of the molecule is CNCCC(C)NC(=O)c1ccc2c(Oc3ccc(C(F)(F)F)cc3)cccc2c1. The van der Waals surface area contributed by atoms with Crippen LogP contribution in [0.1, 0.15) is 29.3 Å². The average Bonchev–Trinajstić information content (AvgIpc) is 2.72. The fraction of sp³-hybridized carbons (Fsp3) is 0.261.